The van der Waals surface area contributed by atoms with Crippen LogP contribution in [0.25, 0.3) is 0 Å². The van der Waals surface area contributed by atoms with E-state index < -0.39 is 23.5 Å². The van der Waals surface area contributed by atoms with Gasteiger partial charge in [0, 0.05) is 17.8 Å². The monoisotopic (exact) mass is 270 g/mol. The molecule has 1 atom stereocenters. The van der Waals surface area contributed by atoms with Crippen LogP contribution in [0, 0.1) is 10.1 Å². The highest BCUT2D eigenvalue weighted by molar-refractivity contribution is 5.79. The van der Waals surface area contributed by atoms with Crippen molar-refractivity contribution in [3.8, 4) is 5.75 Å². The summed E-state index contributed by atoms with van der Waals surface area (Å²) in [4.78, 5) is 21.4. The molecule has 0 amide bonds. The number of nitro groups is 1. The molecule has 0 radical (unpaired) electrons. The Morgan fingerprint density at radius 1 is 1.53 bits per heavy atom. The number of benzene rings is 1. The third kappa shape index (κ3) is 3.55. The number of nitro benzene ring substituents is 1. The van der Waals surface area contributed by atoms with E-state index >= 15 is 0 Å². The Morgan fingerprint density at radius 2 is 2.21 bits per heavy atom. The molecule has 1 rings (SSSR count). The topological polar surface area (TPSA) is 111 Å². The van der Waals surface area contributed by atoms with Crippen molar-refractivity contribution in [2.45, 2.75) is 6.04 Å². The molecule has 1 aromatic rings. The van der Waals surface area contributed by atoms with E-state index in [0.29, 0.717) is 5.69 Å². The van der Waals surface area contributed by atoms with Crippen molar-refractivity contribution in [2.75, 3.05) is 26.1 Å². The van der Waals surface area contributed by atoms with E-state index in [1.807, 2.05) is 0 Å². The lowest BCUT2D eigenvalue weighted by molar-refractivity contribution is -0.385. The van der Waals surface area contributed by atoms with Gasteiger partial charge < -0.3 is 19.9 Å². The van der Waals surface area contributed by atoms with Gasteiger partial charge in [-0.1, -0.05) is 0 Å². The Kier molecular flexibility index (Phi) is 5.07. The zero-order chi connectivity index (χ0) is 14.4. The van der Waals surface area contributed by atoms with Crippen molar-refractivity contribution in [1.29, 1.82) is 0 Å². The fraction of sp³-hybridized carbons (Fsp3) is 0.364. The third-order valence-electron chi connectivity index (χ3n) is 2.39. The lowest BCUT2D eigenvalue weighted by Gasteiger charge is -2.15. The zero-order valence-electron chi connectivity index (χ0n) is 10.5. The third-order valence-corrected chi connectivity index (χ3v) is 2.39. The molecule has 8 nitrogen and oxygen atoms in total. The molecule has 0 aliphatic rings. The second-order valence-electron chi connectivity index (χ2n) is 3.55. The number of anilines is 1. The molecule has 0 heterocycles. The van der Waals surface area contributed by atoms with Crippen LogP contribution in [0.4, 0.5) is 11.4 Å². The summed E-state index contributed by atoms with van der Waals surface area (Å²) in [5.74, 6) is -0.587. The molecule has 0 aromatic heterocycles. The summed E-state index contributed by atoms with van der Waals surface area (Å²) in [6, 6.07) is 3.07. The number of methoxy groups -OCH3 is 2. The van der Waals surface area contributed by atoms with Gasteiger partial charge in [0.15, 0.2) is 5.75 Å². The summed E-state index contributed by atoms with van der Waals surface area (Å²) in [5, 5.41) is 22.5. The molecule has 0 saturated heterocycles. The lowest BCUT2D eigenvalue weighted by atomic mass is 10.2. The number of aliphatic hydroxyl groups excluding tert-OH is 1. The van der Waals surface area contributed by atoms with E-state index in [0.717, 1.165) is 0 Å². The molecule has 1 aromatic carbocycles. The number of nitrogens with zero attached hydrogens (tertiary/aromatic N) is 1. The summed E-state index contributed by atoms with van der Waals surface area (Å²) < 4.78 is 9.38. The Hall–Kier alpha value is -2.35. The van der Waals surface area contributed by atoms with Gasteiger partial charge in [0.25, 0.3) is 0 Å². The average molecular weight is 270 g/mol. The minimum Gasteiger partial charge on any atom is -0.490 e. The van der Waals surface area contributed by atoms with Crippen molar-refractivity contribution < 1.29 is 24.3 Å². The van der Waals surface area contributed by atoms with E-state index in [9.17, 15) is 14.9 Å². The molecular weight excluding hydrogens is 256 g/mol. The van der Waals surface area contributed by atoms with E-state index in [1.165, 1.54) is 32.4 Å². The first-order valence-electron chi connectivity index (χ1n) is 5.31. The van der Waals surface area contributed by atoms with Crippen molar-refractivity contribution in [3.05, 3.63) is 28.3 Å². The number of esters is 1. The molecular formula is C11H14N2O6. The summed E-state index contributed by atoms with van der Waals surface area (Å²) in [5.41, 5.74) is 0.207. The summed E-state index contributed by atoms with van der Waals surface area (Å²) in [6.45, 7) is -0.466. The van der Waals surface area contributed by atoms with Crippen LogP contribution < -0.4 is 10.1 Å². The van der Waals surface area contributed by atoms with Crippen LogP contribution in [0.15, 0.2) is 18.2 Å². The standard InChI is InChI=1S/C11H14N2O6/c1-18-10-5-7(3-4-9(10)13(16)17)12-8(6-14)11(15)19-2/h3-5,8,12,14H,6H2,1-2H3. The normalized spacial score (nSPS) is 11.5. The number of hydrogen-bond donors (Lipinski definition) is 2. The molecule has 0 fully saturated rings. The molecule has 104 valence electrons. The molecule has 0 bridgehead atoms. The van der Waals surface area contributed by atoms with Crippen LogP contribution in [0.3, 0.4) is 0 Å². The van der Waals surface area contributed by atoms with Crippen LogP contribution in [-0.4, -0.2) is 42.9 Å². The first-order valence-corrected chi connectivity index (χ1v) is 5.31. The van der Waals surface area contributed by atoms with Gasteiger partial charge >= 0.3 is 11.7 Å². The van der Waals surface area contributed by atoms with Gasteiger partial charge in [-0.25, -0.2) is 4.79 Å². The number of ether oxygens (including phenoxy) is 2. The summed E-state index contributed by atoms with van der Waals surface area (Å²) >= 11 is 0. The molecule has 2 N–H and O–H groups in total. The lowest BCUT2D eigenvalue weighted by Crippen LogP contribution is -2.34. The Balaban J connectivity index is 2.96. The van der Waals surface area contributed by atoms with Gasteiger partial charge in [-0.15, -0.1) is 0 Å². The van der Waals surface area contributed by atoms with E-state index in [-0.39, 0.29) is 11.4 Å². The Labute approximate surface area is 109 Å². The molecule has 0 saturated carbocycles. The maximum atomic E-state index is 11.3. The van der Waals surface area contributed by atoms with Crippen molar-refractivity contribution in [3.63, 3.8) is 0 Å². The van der Waals surface area contributed by atoms with Crippen LogP contribution in [0.5, 0.6) is 5.75 Å². The van der Waals surface area contributed by atoms with Gasteiger partial charge in [-0.2, -0.15) is 0 Å². The van der Waals surface area contributed by atoms with E-state index in [1.54, 1.807) is 0 Å². The fourth-order valence-corrected chi connectivity index (χ4v) is 1.44. The first kappa shape index (κ1) is 14.7. The van der Waals surface area contributed by atoms with E-state index in [2.05, 4.69) is 10.1 Å². The van der Waals surface area contributed by atoms with Gasteiger partial charge in [0.2, 0.25) is 0 Å². The SMILES string of the molecule is COC(=O)C(CO)Nc1ccc([N+](=O)[O-])c(OC)c1. The number of nitrogens with one attached hydrogen (secondary N) is 1. The number of rotatable bonds is 6. The minimum atomic E-state index is -0.948. The van der Waals surface area contributed by atoms with Crippen LogP contribution in [0.2, 0.25) is 0 Å². The Bertz CT molecular complexity index is 476. The smallest absolute Gasteiger partial charge is 0.330 e. The second-order valence-corrected chi connectivity index (χ2v) is 3.55. The predicted octanol–water partition coefficient (Wildman–Crippen LogP) is 0.549. The van der Waals surface area contributed by atoms with Crippen molar-refractivity contribution >= 4 is 17.3 Å². The highest BCUT2D eigenvalue weighted by Gasteiger charge is 2.20. The highest BCUT2D eigenvalue weighted by atomic mass is 16.6. The summed E-state index contributed by atoms with van der Waals surface area (Å²) in [6.07, 6.45) is 0. The number of hydrogen-bond acceptors (Lipinski definition) is 7. The highest BCUT2D eigenvalue weighted by Crippen LogP contribution is 2.29. The average Bonchev–Trinajstić information content (AvgIpc) is 2.43. The molecule has 19 heavy (non-hydrogen) atoms. The summed E-state index contributed by atoms with van der Waals surface area (Å²) in [7, 11) is 2.50. The number of carbonyl (C=O) groups is 1. The molecule has 8 heteroatoms. The molecule has 0 aliphatic heterocycles. The van der Waals surface area contributed by atoms with Gasteiger partial charge in [0.1, 0.15) is 6.04 Å². The maximum absolute atomic E-state index is 11.3. The van der Waals surface area contributed by atoms with Crippen LogP contribution in [-0.2, 0) is 9.53 Å². The van der Waals surface area contributed by atoms with Gasteiger partial charge in [0.05, 0.1) is 25.7 Å². The first-order chi connectivity index (χ1) is 9.03. The van der Waals surface area contributed by atoms with E-state index in [4.69, 9.17) is 9.84 Å². The predicted molar refractivity (Wildman–Crippen MR) is 66.2 cm³/mol. The van der Waals surface area contributed by atoms with Gasteiger partial charge in [-0.3, -0.25) is 10.1 Å². The minimum absolute atomic E-state index is 0.0524. The fourth-order valence-electron chi connectivity index (χ4n) is 1.44. The second kappa shape index (κ2) is 6.55. The largest absolute Gasteiger partial charge is 0.490 e. The van der Waals surface area contributed by atoms with Crippen LogP contribution >= 0.6 is 0 Å². The number of aliphatic hydroxyl groups is 1. The zero-order valence-corrected chi connectivity index (χ0v) is 10.5. The quantitative estimate of drug-likeness (QED) is 0.441. The van der Waals surface area contributed by atoms with Crippen LogP contribution in [0.1, 0.15) is 0 Å². The number of carbonyl (C=O) groups excluding carboxylic acids is 1. The Morgan fingerprint density at radius 3 is 2.68 bits per heavy atom. The maximum Gasteiger partial charge on any atom is 0.330 e. The molecule has 0 spiro atoms. The molecule has 0 aliphatic carbocycles. The molecule has 1 unspecified atom stereocenters. The van der Waals surface area contributed by atoms with Crippen molar-refractivity contribution in [2.24, 2.45) is 0 Å². The van der Waals surface area contributed by atoms with Gasteiger partial charge in [-0.05, 0) is 6.07 Å². The van der Waals surface area contributed by atoms with Crippen molar-refractivity contribution in [1.82, 2.24) is 0 Å².